The van der Waals surface area contributed by atoms with Crippen LogP contribution in [0.3, 0.4) is 0 Å². The summed E-state index contributed by atoms with van der Waals surface area (Å²) >= 11 is 0. The lowest BCUT2D eigenvalue weighted by atomic mass is 10.2. The summed E-state index contributed by atoms with van der Waals surface area (Å²) in [7, 11) is 0. The maximum Gasteiger partial charge on any atom is 0.430 e. The van der Waals surface area contributed by atoms with Gasteiger partial charge < -0.3 is 20.0 Å². The van der Waals surface area contributed by atoms with E-state index in [4.69, 9.17) is 14.6 Å². The fourth-order valence-corrected chi connectivity index (χ4v) is 0.643. The van der Waals surface area contributed by atoms with Gasteiger partial charge >= 0.3 is 6.18 Å². The van der Waals surface area contributed by atoms with Crippen LogP contribution in [0.5, 0.6) is 0 Å². The van der Waals surface area contributed by atoms with E-state index >= 15 is 0 Å². The molecule has 0 spiro atoms. The molecule has 1 aliphatic heterocycles. The van der Waals surface area contributed by atoms with Crippen molar-refractivity contribution in [1.29, 1.82) is 0 Å². The van der Waals surface area contributed by atoms with E-state index in [1.807, 2.05) is 0 Å². The highest BCUT2D eigenvalue weighted by Gasteiger charge is 2.28. The van der Waals surface area contributed by atoms with Crippen LogP contribution in [0.15, 0.2) is 12.7 Å². The van der Waals surface area contributed by atoms with Crippen molar-refractivity contribution in [2.24, 2.45) is 0 Å². The fourth-order valence-electron chi connectivity index (χ4n) is 0.643. The first-order valence-electron chi connectivity index (χ1n) is 4.20. The van der Waals surface area contributed by atoms with Gasteiger partial charge in [0, 0.05) is 0 Å². The third kappa shape index (κ3) is 6.92. The number of quaternary nitrogens is 1. The second-order valence-electron chi connectivity index (χ2n) is 2.79. The van der Waals surface area contributed by atoms with Gasteiger partial charge in [-0.1, -0.05) is 6.08 Å². The Morgan fingerprint density at radius 2 is 2.07 bits per heavy atom. The molecular formula is C8H12F3NO3. The quantitative estimate of drug-likeness (QED) is 0.592. The Morgan fingerprint density at radius 1 is 1.60 bits per heavy atom. The predicted octanol–water partition coefficient (Wildman–Crippen LogP) is -1.57. The van der Waals surface area contributed by atoms with Gasteiger partial charge in [-0.2, -0.15) is 13.2 Å². The van der Waals surface area contributed by atoms with Gasteiger partial charge in [0.1, 0.15) is 19.1 Å². The number of aliphatic carboxylic acids is 1. The van der Waals surface area contributed by atoms with Crippen molar-refractivity contribution in [3.63, 3.8) is 0 Å². The number of alkyl halides is 3. The number of hydrogen-bond donors (Lipinski definition) is 1. The Kier molecular flexibility index (Phi) is 5.95. The molecule has 0 atom stereocenters. The zero-order valence-corrected chi connectivity index (χ0v) is 7.92. The molecule has 0 unspecified atom stereocenters. The number of nitrogens with two attached hydrogens (primary N) is 1. The second-order valence-corrected chi connectivity index (χ2v) is 2.79. The molecule has 0 radical (unpaired) electrons. The topological polar surface area (TPSA) is 66.0 Å². The minimum atomic E-state index is -5.19. The summed E-state index contributed by atoms with van der Waals surface area (Å²) in [4.78, 5) is 8.78. The zero-order valence-electron chi connectivity index (χ0n) is 7.92. The first kappa shape index (κ1) is 13.9. The van der Waals surface area contributed by atoms with Crippen LogP contribution in [0.2, 0.25) is 0 Å². The maximum atomic E-state index is 10.5. The van der Waals surface area contributed by atoms with Crippen LogP contribution in [0.25, 0.3) is 0 Å². The number of carbonyl (C=O) groups is 1. The molecule has 0 aliphatic carbocycles. The summed E-state index contributed by atoms with van der Waals surface area (Å²) in [6.45, 7) is 6.53. The van der Waals surface area contributed by atoms with Gasteiger partial charge in [0.05, 0.1) is 6.61 Å². The van der Waals surface area contributed by atoms with Crippen LogP contribution in [-0.4, -0.2) is 37.9 Å². The van der Waals surface area contributed by atoms with E-state index in [1.165, 1.54) is 0 Å². The van der Waals surface area contributed by atoms with Crippen molar-refractivity contribution in [3.8, 4) is 0 Å². The highest BCUT2D eigenvalue weighted by Crippen LogP contribution is 2.11. The molecular weight excluding hydrogens is 215 g/mol. The van der Waals surface area contributed by atoms with E-state index in [0.29, 0.717) is 12.7 Å². The molecule has 4 nitrogen and oxygen atoms in total. The van der Waals surface area contributed by atoms with Gasteiger partial charge in [0.2, 0.25) is 0 Å². The van der Waals surface area contributed by atoms with Crippen LogP contribution in [0.1, 0.15) is 0 Å². The molecule has 1 fully saturated rings. The summed E-state index contributed by atoms with van der Waals surface area (Å²) in [6, 6.07) is 0. The molecule has 1 rings (SSSR count). The van der Waals surface area contributed by atoms with E-state index in [9.17, 15) is 13.2 Å². The summed E-state index contributed by atoms with van der Waals surface area (Å²) < 4.78 is 36.8. The summed E-state index contributed by atoms with van der Waals surface area (Å²) in [5.74, 6) is -3.01. The van der Waals surface area contributed by atoms with Crippen LogP contribution >= 0.6 is 0 Å². The van der Waals surface area contributed by atoms with Crippen molar-refractivity contribution in [3.05, 3.63) is 12.7 Å². The molecule has 0 aromatic heterocycles. The van der Waals surface area contributed by atoms with E-state index in [1.54, 1.807) is 6.08 Å². The summed E-state index contributed by atoms with van der Waals surface area (Å²) in [5, 5.41) is 11.0. The lowest BCUT2D eigenvalue weighted by molar-refractivity contribution is -0.724. The monoisotopic (exact) mass is 227 g/mol. The third-order valence-corrected chi connectivity index (χ3v) is 1.54. The van der Waals surface area contributed by atoms with Crippen molar-refractivity contribution in [2.75, 3.05) is 19.7 Å². The number of carboxylic acid groups (broad SMARTS) is 1. The van der Waals surface area contributed by atoms with Gasteiger partial charge in [0.15, 0.2) is 6.10 Å². The molecule has 0 aromatic carbocycles. The highest BCUT2D eigenvalue weighted by atomic mass is 19.4. The number of hydrogen-bond acceptors (Lipinski definition) is 3. The summed E-state index contributed by atoms with van der Waals surface area (Å²) in [6.07, 6.45) is -2.90. The molecule has 88 valence electrons. The van der Waals surface area contributed by atoms with Crippen molar-refractivity contribution in [2.45, 2.75) is 12.3 Å². The number of halogens is 3. The summed E-state index contributed by atoms with van der Waals surface area (Å²) in [5.41, 5.74) is 0. The van der Waals surface area contributed by atoms with E-state index in [-0.39, 0.29) is 0 Å². The Hall–Kier alpha value is -1.08. The van der Waals surface area contributed by atoms with Crippen molar-refractivity contribution >= 4 is 5.97 Å². The molecule has 0 bridgehead atoms. The van der Waals surface area contributed by atoms with Gasteiger partial charge in [0.25, 0.3) is 0 Å². The SMILES string of the molecule is C=CCOC1C[NH2+]C1.O=C([O-])C(F)(F)F. The highest BCUT2D eigenvalue weighted by molar-refractivity contribution is 5.70. The molecule has 2 N–H and O–H groups in total. The van der Waals surface area contributed by atoms with E-state index < -0.39 is 12.1 Å². The normalized spacial score (nSPS) is 15.9. The zero-order chi connectivity index (χ0) is 11.9. The molecule has 1 aliphatic rings. The Bertz CT molecular complexity index is 214. The first-order valence-corrected chi connectivity index (χ1v) is 4.20. The lowest BCUT2D eigenvalue weighted by Crippen LogP contribution is -2.98. The molecule has 1 saturated heterocycles. The standard InChI is InChI=1S/C6H11NO.C2HF3O2/c1-2-3-8-6-4-7-5-6;3-2(4,5)1(6)7/h2,6-7H,1,3-5H2;(H,6,7). The minimum absolute atomic E-state index is 0.507. The molecule has 0 saturated carbocycles. The van der Waals surface area contributed by atoms with Crippen molar-refractivity contribution in [1.82, 2.24) is 0 Å². The molecule has 7 heteroatoms. The van der Waals surface area contributed by atoms with Crippen molar-refractivity contribution < 1.29 is 33.1 Å². The minimum Gasteiger partial charge on any atom is -0.542 e. The largest absolute Gasteiger partial charge is 0.542 e. The average Bonchev–Trinajstić information content (AvgIpc) is 2.01. The lowest BCUT2D eigenvalue weighted by Gasteiger charge is -2.21. The third-order valence-electron chi connectivity index (χ3n) is 1.54. The second kappa shape index (κ2) is 6.41. The predicted molar refractivity (Wildman–Crippen MR) is 42.7 cm³/mol. The van der Waals surface area contributed by atoms with Gasteiger partial charge in [-0.15, -0.1) is 6.58 Å². The number of rotatable bonds is 3. The van der Waals surface area contributed by atoms with E-state index in [0.717, 1.165) is 13.1 Å². The van der Waals surface area contributed by atoms with Crippen LogP contribution in [-0.2, 0) is 9.53 Å². The molecule has 15 heavy (non-hydrogen) atoms. The number of ether oxygens (including phenoxy) is 1. The van der Waals surface area contributed by atoms with Crippen LogP contribution in [0, 0.1) is 0 Å². The smallest absolute Gasteiger partial charge is 0.430 e. The molecule has 0 amide bonds. The fraction of sp³-hybridized carbons (Fsp3) is 0.625. The molecule has 0 aromatic rings. The number of carboxylic acids is 1. The Labute approximate surface area is 84.7 Å². The Balaban J connectivity index is 0.000000265. The maximum absolute atomic E-state index is 10.5. The number of carbonyl (C=O) groups excluding carboxylic acids is 1. The van der Waals surface area contributed by atoms with Gasteiger partial charge in [-0.25, -0.2) is 0 Å². The average molecular weight is 227 g/mol. The van der Waals surface area contributed by atoms with Gasteiger partial charge in [-0.3, -0.25) is 0 Å². The first-order chi connectivity index (χ1) is 6.88. The molecule has 1 heterocycles. The van der Waals surface area contributed by atoms with Crippen LogP contribution in [0.4, 0.5) is 13.2 Å². The Morgan fingerprint density at radius 3 is 2.27 bits per heavy atom. The van der Waals surface area contributed by atoms with Gasteiger partial charge in [-0.05, 0) is 0 Å². The van der Waals surface area contributed by atoms with E-state index in [2.05, 4.69) is 11.9 Å². The van der Waals surface area contributed by atoms with Crippen LogP contribution < -0.4 is 10.4 Å².